The Labute approximate surface area is 162 Å². The van der Waals surface area contributed by atoms with Gasteiger partial charge < -0.3 is 14.9 Å². The van der Waals surface area contributed by atoms with Crippen molar-refractivity contribution in [3.05, 3.63) is 35.9 Å². The minimum Gasteiger partial charge on any atom is -0.396 e. The molecule has 2 amide bonds. The fourth-order valence-corrected chi connectivity index (χ4v) is 4.47. The normalized spacial score (nSPS) is 23.1. The lowest BCUT2D eigenvalue weighted by Gasteiger charge is -2.42. The van der Waals surface area contributed by atoms with Crippen LogP contribution in [-0.4, -0.2) is 59.5 Å². The Balaban J connectivity index is 1.49. The molecule has 0 saturated carbocycles. The number of rotatable bonds is 8. The Hall–Kier alpha value is -1.88. The van der Waals surface area contributed by atoms with Crippen molar-refractivity contribution in [2.45, 2.75) is 51.4 Å². The van der Waals surface area contributed by atoms with Gasteiger partial charge in [0.2, 0.25) is 11.8 Å². The quantitative estimate of drug-likeness (QED) is 0.763. The third-order valence-corrected chi connectivity index (χ3v) is 6.13. The number of hydrogen-bond acceptors (Lipinski definition) is 3. The number of hydrogen-bond donors (Lipinski definition) is 1. The molecule has 0 radical (unpaired) electrons. The minimum atomic E-state index is -0.174. The zero-order valence-electron chi connectivity index (χ0n) is 16.2. The molecule has 1 aromatic rings. The predicted octanol–water partition coefficient (Wildman–Crippen LogP) is 2.62. The molecule has 2 aliphatic rings. The van der Waals surface area contributed by atoms with E-state index < -0.39 is 0 Å². The number of carbonyl (C=O) groups is 2. The van der Waals surface area contributed by atoms with Crippen LogP contribution < -0.4 is 0 Å². The first-order chi connectivity index (χ1) is 13.1. The van der Waals surface area contributed by atoms with Crippen molar-refractivity contribution < 1.29 is 14.7 Å². The molecule has 1 unspecified atom stereocenters. The SMILES string of the molecule is O=C1CCCN1CCC(=O)N1CCCC(CO)(CCCc2ccccc2)C1. The maximum absolute atomic E-state index is 12.7. The van der Waals surface area contributed by atoms with Gasteiger partial charge in [-0.3, -0.25) is 9.59 Å². The van der Waals surface area contributed by atoms with E-state index in [1.165, 1.54) is 5.56 Å². The molecule has 3 rings (SSSR count). The van der Waals surface area contributed by atoms with Gasteiger partial charge in [-0.2, -0.15) is 0 Å². The number of aliphatic hydroxyl groups is 1. The molecule has 2 heterocycles. The van der Waals surface area contributed by atoms with Crippen molar-refractivity contribution in [1.29, 1.82) is 0 Å². The van der Waals surface area contributed by atoms with E-state index in [2.05, 4.69) is 24.3 Å². The van der Waals surface area contributed by atoms with Gasteiger partial charge in [0.05, 0.1) is 6.61 Å². The van der Waals surface area contributed by atoms with Gasteiger partial charge in [0, 0.05) is 44.4 Å². The predicted molar refractivity (Wildman–Crippen MR) is 105 cm³/mol. The first kappa shape index (κ1) is 19.9. The van der Waals surface area contributed by atoms with Crippen molar-refractivity contribution >= 4 is 11.8 Å². The second-order valence-corrected chi connectivity index (χ2v) is 8.15. The van der Waals surface area contributed by atoms with Crippen molar-refractivity contribution in [3.63, 3.8) is 0 Å². The minimum absolute atomic E-state index is 0.121. The molecule has 0 spiro atoms. The van der Waals surface area contributed by atoms with Crippen LogP contribution >= 0.6 is 0 Å². The number of benzene rings is 1. The Morgan fingerprint density at radius 3 is 2.67 bits per heavy atom. The molecule has 5 heteroatoms. The molecular formula is C22H32N2O3. The van der Waals surface area contributed by atoms with Gasteiger partial charge in [0.1, 0.15) is 0 Å². The van der Waals surface area contributed by atoms with Gasteiger partial charge >= 0.3 is 0 Å². The summed E-state index contributed by atoms with van der Waals surface area (Å²) in [6, 6.07) is 10.4. The molecule has 2 fully saturated rings. The second kappa shape index (κ2) is 9.36. The second-order valence-electron chi connectivity index (χ2n) is 8.15. The molecule has 1 atom stereocenters. The smallest absolute Gasteiger partial charge is 0.224 e. The number of piperidine rings is 1. The Kier molecular flexibility index (Phi) is 6.89. The van der Waals surface area contributed by atoms with E-state index in [-0.39, 0.29) is 23.8 Å². The monoisotopic (exact) mass is 372 g/mol. The average Bonchev–Trinajstić information content (AvgIpc) is 3.12. The van der Waals surface area contributed by atoms with Gasteiger partial charge in [-0.05, 0) is 44.1 Å². The molecule has 2 aliphatic heterocycles. The summed E-state index contributed by atoms with van der Waals surface area (Å²) in [6.07, 6.45) is 6.82. The highest BCUT2D eigenvalue weighted by molar-refractivity contribution is 5.80. The van der Waals surface area contributed by atoms with Gasteiger partial charge in [0.25, 0.3) is 0 Å². The Bertz CT molecular complexity index is 634. The highest BCUT2D eigenvalue weighted by atomic mass is 16.3. The van der Waals surface area contributed by atoms with Crippen LogP contribution in [-0.2, 0) is 16.0 Å². The number of carbonyl (C=O) groups excluding carboxylic acids is 2. The van der Waals surface area contributed by atoms with E-state index in [4.69, 9.17) is 0 Å². The largest absolute Gasteiger partial charge is 0.396 e. The van der Waals surface area contributed by atoms with E-state index >= 15 is 0 Å². The number of nitrogens with zero attached hydrogens (tertiary/aromatic N) is 2. The highest BCUT2D eigenvalue weighted by Gasteiger charge is 2.36. The van der Waals surface area contributed by atoms with E-state index in [1.807, 2.05) is 11.0 Å². The zero-order chi connectivity index (χ0) is 19.1. The summed E-state index contributed by atoms with van der Waals surface area (Å²) in [5.41, 5.74) is 1.15. The summed E-state index contributed by atoms with van der Waals surface area (Å²) in [5, 5.41) is 10.1. The number of aliphatic hydroxyl groups excluding tert-OH is 1. The van der Waals surface area contributed by atoms with Crippen molar-refractivity contribution in [1.82, 2.24) is 9.80 Å². The van der Waals surface area contributed by atoms with Gasteiger partial charge in [-0.1, -0.05) is 30.3 Å². The van der Waals surface area contributed by atoms with Crippen LogP contribution in [0.2, 0.25) is 0 Å². The molecular weight excluding hydrogens is 340 g/mol. The zero-order valence-corrected chi connectivity index (χ0v) is 16.2. The molecule has 1 aromatic carbocycles. The van der Waals surface area contributed by atoms with Crippen LogP contribution in [0.4, 0.5) is 0 Å². The van der Waals surface area contributed by atoms with Crippen LogP contribution in [0.1, 0.15) is 50.5 Å². The van der Waals surface area contributed by atoms with E-state index in [1.54, 1.807) is 4.90 Å². The van der Waals surface area contributed by atoms with Gasteiger partial charge in [0.15, 0.2) is 0 Å². The molecule has 0 aromatic heterocycles. The van der Waals surface area contributed by atoms with Crippen LogP contribution in [0.5, 0.6) is 0 Å². The summed E-state index contributed by atoms with van der Waals surface area (Å²) in [7, 11) is 0. The lowest BCUT2D eigenvalue weighted by molar-refractivity contribution is -0.136. The topological polar surface area (TPSA) is 60.9 Å². The molecule has 148 valence electrons. The maximum atomic E-state index is 12.7. The number of likely N-dealkylation sites (tertiary alicyclic amines) is 2. The fourth-order valence-electron chi connectivity index (χ4n) is 4.47. The number of aryl methyl sites for hydroxylation is 1. The summed E-state index contributed by atoms with van der Waals surface area (Å²) < 4.78 is 0. The van der Waals surface area contributed by atoms with Crippen molar-refractivity contribution in [3.8, 4) is 0 Å². The van der Waals surface area contributed by atoms with E-state index in [0.717, 1.165) is 51.6 Å². The summed E-state index contributed by atoms with van der Waals surface area (Å²) in [4.78, 5) is 28.1. The lowest BCUT2D eigenvalue weighted by Crippen LogP contribution is -2.48. The summed E-state index contributed by atoms with van der Waals surface area (Å²) >= 11 is 0. The van der Waals surface area contributed by atoms with E-state index in [0.29, 0.717) is 25.9 Å². The molecule has 0 aliphatic carbocycles. The fraction of sp³-hybridized carbons (Fsp3) is 0.636. The average molecular weight is 373 g/mol. The Morgan fingerprint density at radius 2 is 1.96 bits per heavy atom. The van der Waals surface area contributed by atoms with Crippen LogP contribution in [0.25, 0.3) is 0 Å². The van der Waals surface area contributed by atoms with E-state index in [9.17, 15) is 14.7 Å². The number of amides is 2. The molecule has 1 N–H and O–H groups in total. The third-order valence-electron chi connectivity index (χ3n) is 6.13. The summed E-state index contributed by atoms with van der Waals surface area (Å²) in [5.74, 6) is 0.294. The first-order valence-electron chi connectivity index (χ1n) is 10.3. The highest BCUT2D eigenvalue weighted by Crippen LogP contribution is 2.35. The molecule has 27 heavy (non-hydrogen) atoms. The van der Waals surface area contributed by atoms with Crippen LogP contribution in [0.3, 0.4) is 0 Å². The standard InChI is InChI=1S/C22H32N2O3/c25-18-22(12-4-9-19-7-2-1-3-8-19)13-6-15-24(17-22)21(27)11-16-23-14-5-10-20(23)26/h1-3,7-8,25H,4-6,9-18H2. The van der Waals surface area contributed by atoms with Crippen molar-refractivity contribution in [2.24, 2.45) is 5.41 Å². The first-order valence-corrected chi connectivity index (χ1v) is 10.3. The van der Waals surface area contributed by atoms with Crippen LogP contribution in [0.15, 0.2) is 30.3 Å². The lowest BCUT2D eigenvalue weighted by atomic mass is 9.76. The van der Waals surface area contributed by atoms with Gasteiger partial charge in [-0.25, -0.2) is 0 Å². The molecule has 2 saturated heterocycles. The van der Waals surface area contributed by atoms with Gasteiger partial charge in [-0.15, -0.1) is 0 Å². The van der Waals surface area contributed by atoms with Crippen molar-refractivity contribution in [2.75, 3.05) is 32.8 Å². The Morgan fingerprint density at radius 1 is 1.15 bits per heavy atom. The third kappa shape index (κ3) is 5.32. The molecule has 5 nitrogen and oxygen atoms in total. The summed E-state index contributed by atoms with van der Waals surface area (Å²) in [6.45, 7) is 2.87. The molecule has 0 bridgehead atoms. The van der Waals surface area contributed by atoms with Crippen LogP contribution in [0, 0.1) is 5.41 Å². The maximum Gasteiger partial charge on any atom is 0.224 e.